The zero-order valence-electron chi connectivity index (χ0n) is 15.7. The molecule has 0 amide bonds. The van der Waals surface area contributed by atoms with Crippen LogP contribution in [0.3, 0.4) is 0 Å². The van der Waals surface area contributed by atoms with Crippen LogP contribution in [0.5, 0.6) is 0 Å². The van der Waals surface area contributed by atoms with Gasteiger partial charge in [0.05, 0.1) is 0 Å². The summed E-state index contributed by atoms with van der Waals surface area (Å²) in [6.07, 6.45) is 2.51. The van der Waals surface area contributed by atoms with E-state index in [1.165, 1.54) is 37.1 Å². The van der Waals surface area contributed by atoms with Crippen LogP contribution in [0.1, 0.15) is 43.7 Å². The summed E-state index contributed by atoms with van der Waals surface area (Å²) in [6, 6.07) is 22.5. The molecule has 1 atom stereocenters. The van der Waals surface area contributed by atoms with Gasteiger partial charge in [-0.2, -0.15) is 0 Å². The lowest BCUT2D eigenvalue weighted by molar-refractivity contribution is 0.188. The average Bonchev–Trinajstić information content (AvgIpc) is 2.65. The van der Waals surface area contributed by atoms with Crippen LogP contribution in [0.2, 0.25) is 0 Å². The van der Waals surface area contributed by atoms with Crippen molar-refractivity contribution in [1.82, 2.24) is 10.2 Å². The monoisotopic (exact) mass is 336 g/mol. The Balaban J connectivity index is 1.45. The number of nitrogens with zero attached hydrogens (tertiary/aromatic N) is 1. The van der Waals surface area contributed by atoms with E-state index in [1.807, 2.05) is 0 Å². The van der Waals surface area contributed by atoms with Crippen molar-refractivity contribution in [3.63, 3.8) is 0 Å². The quantitative estimate of drug-likeness (QED) is 0.790. The fourth-order valence-electron chi connectivity index (χ4n) is 3.87. The highest BCUT2D eigenvalue weighted by Gasteiger charge is 2.21. The topological polar surface area (TPSA) is 15.3 Å². The van der Waals surface area contributed by atoms with Crippen molar-refractivity contribution in [2.24, 2.45) is 5.92 Å². The van der Waals surface area contributed by atoms with Crippen LogP contribution in [-0.2, 0) is 6.54 Å². The summed E-state index contributed by atoms with van der Waals surface area (Å²) in [7, 11) is 0. The molecule has 134 valence electrons. The molecule has 2 nitrogen and oxygen atoms in total. The van der Waals surface area contributed by atoms with Crippen LogP contribution in [0.15, 0.2) is 60.7 Å². The van der Waals surface area contributed by atoms with Gasteiger partial charge in [-0.3, -0.25) is 4.90 Å². The highest BCUT2D eigenvalue weighted by Crippen LogP contribution is 2.24. The Bertz CT molecular complexity index is 601. The summed E-state index contributed by atoms with van der Waals surface area (Å²) in [4.78, 5) is 2.59. The first-order chi connectivity index (χ1) is 12.2. The molecular weight excluding hydrogens is 304 g/mol. The molecular formula is C23H32N2. The van der Waals surface area contributed by atoms with Gasteiger partial charge in [0, 0.05) is 19.1 Å². The highest BCUT2D eigenvalue weighted by atomic mass is 15.1. The molecule has 2 aromatic rings. The standard InChI is InChI=1S/C23H32N2/c1-19(2)23(21-11-7-4-8-12-21)17-24-22-13-15-25(16-14-22)18-20-9-5-3-6-10-20/h3-12,19,22-24H,13-18H2,1-2H3. The Morgan fingerprint density at radius 2 is 1.52 bits per heavy atom. The maximum absolute atomic E-state index is 3.86. The van der Waals surface area contributed by atoms with E-state index in [0.29, 0.717) is 17.9 Å². The molecule has 1 saturated heterocycles. The van der Waals surface area contributed by atoms with Crippen LogP contribution in [-0.4, -0.2) is 30.6 Å². The molecule has 0 aliphatic carbocycles. The summed E-state index contributed by atoms with van der Waals surface area (Å²) in [6.45, 7) is 9.25. The molecule has 0 aromatic heterocycles. The first kappa shape index (κ1) is 18.2. The smallest absolute Gasteiger partial charge is 0.0233 e. The number of piperidine rings is 1. The summed E-state index contributed by atoms with van der Waals surface area (Å²) in [5, 5.41) is 3.86. The van der Waals surface area contributed by atoms with Gasteiger partial charge < -0.3 is 5.32 Å². The van der Waals surface area contributed by atoms with Gasteiger partial charge in [-0.05, 0) is 48.9 Å². The predicted octanol–water partition coefficient (Wildman–Crippen LogP) is 4.68. The molecule has 0 spiro atoms. The third kappa shape index (κ3) is 5.42. The average molecular weight is 337 g/mol. The molecule has 0 bridgehead atoms. The summed E-state index contributed by atoms with van der Waals surface area (Å²) < 4.78 is 0. The molecule has 1 N–H and O–H groups in total. The molecule has 1 fully saturated rings. The molecule has 1 aliphatic heterocycles. The zero-order chi connectivity index (χ0) is 17.5. The minimum absolute atomic E-state index is 0.601. The van der Waals surface area contributed by atoms with Crippen molar-refractivity contribution >= 4 is 0 Å². The molecule has 2 aromatic carbocycles. The van der Waals surface area contributed by atoms with Gasteiger partial charge >= 0.3 is 0 Å². The molecule has 1 unspecified atom stereocenters. The third-order valence-corrected chi connectivity index (χ3v) is 5.50. The second-order valence-electron chi connectivity index (χ2n) is 7.71. The van der Waals surface area contributed by atoms with E-state index in [4.69, 9.17) is 0 Å². The largest absolute Gasteiger partial charge is 0.313 e. The number of hydrogen-bond donors (Lipinski definition) is 1. The number of likely N-dealkylation sites (tertiary alicyclic amines) is 1. The highest BCUT2D eigenvalue weighted by molar-refractivity contribution is 5.20. The number of benzene rings is 2. The summed E-state index contributed by atoms with van der Waals surface area (Å²) in [5.41, 5.74) is 2.89. The maximum atomic E-state index is 3.86. The zero-order valence-corrected chi connectivity index (χ0v) is 15.7. The van der Waals surface area contributed by atoms with E-state index < -0.39 is 0 Å². The van der Waals surface area contributed by atoms with E-state index in [9.17, 15) is 0 Å². The molecule has 1 heterocycles. The Morgan fingerprint density at radius 3 is 2.12 bits per heavy atom. The SMILES string of the molecule is CC(C)C(CNC1CCN(Cc2ccccc2)CC1)c1ccccc1. The third-order valence-electron chi connectivity index (χ3n) is 5.50. The Morgan fingerprint density at radius 1 is 0.920 bits per heavy atom. The van der Waals surface area contributed by atoms with Crippen molar-refractivity contribution in [1.29, 1.82) is 0 Å². The maximum Gasteiger partial charge on any atom is 0.0233 e. The van der Waals surface area contributed by atoms with Crippen LogP contribution in [0, 0.1) is 5.92 Å². The number of hydrogen-bond acceptors (Lipinski definition) is 2. The van der Waals surface area contributed by atoms with Gasteiger partial charge in [0.25, 0.3) is 0 Å². The van der Waals surface area contributed by atoms with Gasteiger partial charge in [0.15, 0.2) is 0 Å². The van der Waals surface area contributed by atoms with Crippen molar-refractivity contribution in [3.8, 4) is 0 Å². The van der Waals surface area contributed by atoms with E-state index in [2.05, 4.69) is 84.7 Å². The molecule has 2 heteroatoms. The van der Waals surface area contributed by atoms with Crippen LogP contribution in [0.25, 0.3) is 0 Å². The van der Waals surface area contributed by atoms with Gasteiger partial charge in [0.1, 0.15) is 0 Å². The van der Waals surface area contributed by atoms with Crippen molar-refractivity contribution < 1.29 is 0 Å². The molecule has 3 rings (SSSR count). The second kappa shape index (κ2) is 9.17. The van der Waals surface area contributed by atoms with E-state index in [-0.39, 0.29) is 0 Å². The fourth-order valence-corrected chi connectivity index (χ4v) is 3.87. The molecule has 1 aliphatic rings. The fraction of sp³-hybridized carbons (Fsp3) is 0.478. The lowest BCUT2D eigenvalue weighted by Crippen LogP contribution is -2.43. The Hall–Kier alpha value is -1.64. The normalized spacial score (nSPS) is 17.7. The lowest BCUT2D eigenvalue weighted by atomic mass is 9.88. The van der Waals surface area contributed by atoms with Crippen LogP contribution in [0.4, 0.5) is 0 Å². The molecule has 0 radical (unpaired) electrons. The predicted molar refractivity (Wildman–Crippen MR) is 107 cm³/mol. The van der Waals surface area contributed by atoms with Gasteiger partial charge in [-0.25, -0.2) is 0 Å². The van der Waals surface area contributed by atoms with Gasteiger partial charge in [-0.15, -0.1) is 0 Å². The molecule has 0 saturated carbocycles. The van der Waals surface area contributed by atoms with E-state index >= 15 is 0 Å². The minimum Gasteiger partial charge on any atom is -0.313 e. The van der Waals surface area contributed by atoms with Crippen molar-refractivity contribution in [2.75, 3.05) is 19.6 Å². The lowest BCUT2D eigenvalue weighted by Gasteiger charge is -2.34. The minimum atomic E-state index is 0.601. The van der Waals surface area contributed by atoms with Crippen LogP contribution < -0.4 is 5.32 Å². The Kier molecular flexibility index (Phi) is 6.66. The van der Waals surface area contributed by atoms with Crippen molar-refractivity contribution in [2.45, 2.75) is 45.2 Å². The van der Waals surface area contributed by atoms with E-state index in [1.54, 1.807) is 0 Å². The van der Waals surface area contributed by atoms with Gasteiger partial charge in [0.2, 0.25) is 0 Å². The summed E-state index contributed by atoms with van der Waals surface area (Å²) >= 11 is 0. The van der Waals surface area contributed by atoms with Crippen molar-refractivity contribution in [3.05, 3.63) is 71.8 Å². The second-order valence-corrected chi connectivity index (χ2v) is 7.71. The molecule has 25 heavy (non-hydrogen) atoms. The van der Waals surface area contributed by atoms with Gasteiger partial charge in [-0.1, -0.05) is 74.5 Å². The van der Waals surface area contributed by atoms with Crippen LogP contribution >= 0.6 is 0 Å². The van der Waals surface area contributed by atoms with E-state index in [0.717, 1.165) is 13.1 Å². The Labute approximate surface area is 153 Å². The summed E-state index contributed by atoms with van der Waals surface area (Å²) in [5.74, 6) is 1.26. The number of rotatable bonds is 7. The first-order valence-electron chi connectivity index (χ1n) is 9.77. The number of nitrogens with one attached hydrogen (secondary N) is 1. The first-order valence-corrected chi connectivity index (χ1v) is 9.77.